The summed E-state index contributed by atoms with van der Waals surface area (Å²) >= 11 is 0. The zero-order valence-corrected chi connectivity index (χ0v) is 11.5. The van der Waals surface area contributed by atoms with Crippen molar-refractivity contribution in [2.75, 3.05) is 0 Å². The van der Waals surface area contributed by atoms with Gasteiger partial charge in [-0.2, -0.15) is 8.78 Å². The van der Waals surface area contributed by atoms with Gasteiger partial charge < -0.3 is 0 Å². The standard InChI is InChI=1S/C13H8F5NO2S/c14-9-6-5-8(11(15)12(9)16)13(17,18)7-3-1-2-4-10(7)22(19,20)21/h1-6H,(H2,19,20,21). The van der Waals surface area contributed by atoms with Crippen molar-refractivity contribution in [2.45, 2.75) is 10.8 Å². The first-order chi connectivity index (χ1) is 10.1. The van der Waals surface area contributed by atoms with Gasteiger partial charge in [0.15, 0.2) is 17.5 Å². The minimum absolute atomic E-state index is 0.321. The molecule has 0 saturated carbocycles. The first-order valence-corrected chi connectivity index (χ1v) is 7.25. The van der Waals surface area contributed by atoms with Crippen molar-refractivity contribution in [3.05, 3.63) is 65.0 Å². The Balaban J connectivity index is 2.75. The number of hydrogen-bond donors (Lipinski definition) is 1. The van der Waals surface area contributed by atoms with Gasteiger partial charge in [0.25, 0.3) is 0 Å². The Kier molecular flexibility index (Phi) is 3.96. The molecule has 3 nitrogen and oxygen atoms in total. The lowest BCUT2D eigenvalue weighted by molar-refractivity contribution is 0.0348. The molecule has 22 heavy (non-hydrogen) atoms. The van der Waals surface area contributed by atoms with Crippen molar-refractivity contribution in [3.8, 4) is 0 Å². The number of rotatable bonds is 3. The second-order valence-electron chi connectivity index (χ2n) is 4.34. The molecule has 0 fully saturated rings. The van der Waals surface area contributed by atoms with Gasteiger partial charge >= 0.3 is 5.92 Å². The molecule has 2 aromatic rings. The van der Waals surface area contributed by atoms with Gasteiger partial charge in [0.1, 0.15) is 0 Å². The zero-order chi connectivity index (χ0) is 16.7. The van der Waals surface area contributed by atoms with Crippen LogP contribution in [-0.2, 0) is 15.9 Å². The fraction of sp³-hybridized carbons (Fsp3) is 0.0769. The third-order valence-corrected chi connectivity index (χ3v) is 3.87. The number of sulfonamides is 1. The second-order valence-corrected chi connectivity index (χ2v) is 5.87. The molecule has 0 aromatic heterocycles. The average Bonchev–Trinajstić information content (AvgIpc) is 2.43. The smallest absolute Gasteiger partial charge is 0.225 e. The third kappa shape index (κ3) is 2.69. The van der Waals surface area contributed by atoms with E-state index < -0.39 is 49.4 Å². The van der Waals surface area contributed by atoms with Gasteiger partial charge in [-0.1, -0.05) is 18.2 Å². The molecule has 9 heteroatoms. The Morgan fingerprint density at radius 1 is 0.864 bits per heavy atom. The Morgan fingerprint density at radius 3 is 2.05 bits per heavy atom. The molecule has 0 spiro atoms. The summed E-state index contributed by atoms with van der Waals surface area (Å²) in [5.74, 6) is -10.1. The first-order valence-electron chi connectivity index (χ1n) is 5.71. The number of hydrogen-bond acceptors (Lipinski definition) is 2. The Morgan fingerprint density at radius 2 is 1.45 bits per heavy atom. The molecule has 2 aromatic carbocycles. The summed E-state index contributed by atoms with van der Waals surface area (Å²) in [5.41, 5.74) is -2.63. The highest BCUT2D eigenvalue weighted by atomic mass is 32.2. The molecule has 0 aliphatic carbocycles. The maximum Gasteiger partial charge on any atom is 0.302 e. The lowest BCUT2D eigenvalue weighted by atomic mass is 9.99. The quantitative estimate of drug-likeness (QED) is 0.692. The van der Waals surface area contributed by atoms with Gasteiger partial charge in [-0.05, 0) is 18.2 Å². The van der Waals surface area contributed by atoms with Gasteiger partial charge in [0.2, 0.25) is 10.0 Å². The summed E-state index contributed by atoms with van der Waals surface area (Å²) in [4.78, 5) is -0.941. The SMILES string of the molecule is NS(=O)(=O)c1ccccc1C(F)(F)c1ccc(F)c(F)c1F. The summed E-state index contributed by atoms with van der Waals surface area (Å²) < 4.78 is 91.1. The van der Waals surface area contributed by atoms with Crippen molar-refractivity contribution in [1.82, 2.24) is 0 Å². The molecule has 0 aliphatic heterocycles. The lowest BCUT2D eigenvalue weighted by Gasteiger charge is -2.20. The molecule has 0 heterocycles. The Labute approximate surface area is 122 Å². The highest BCUT2D eigenvalue weighted by molar-refractivity contribution is 7.89. The minimum Gasteiger partial charge on any atom is -0.225 e. The van der Waals surface area contributed by atoms with Crippen LogP contribution in [-0.4, -0.2) is 8.42 Å². The monoisotopic (exact) mass is 337 g/mol. The van der Waals surface area contributed by atoms with E-state index in [0.717, 1.165) is 18.2 Å². The molecule has 0 amide bonds. The molecule has 0 atom stereocenters. The largest absolute Gasteiger partial charge is 0.302 e. The van der Waals surface area contributed by atoms with Crippen LogP contribution in [0.15, 0.2) is 41.3 Å². The van der Waals surface area contributed by atoms with E-state index in [9.17, 15) is 30.4 Å². The molecule has 0 radical (unpaired) electrons. The van der Waals surface area contributed by atoms with E-state index >= 15 is 0 Å². The van der Waals surface area contributed by atoms with E-state index in [-0.39, 0.29) is 0 Å². The number of benzene rings is 2. The fourth-order valence-electron chi connectivity index (χ4n) is 1.89. The zero-order valence-electron chi connectivity index (χ0n) is 10.7. The number of alkyl halides is 2. The predicted octanol–water partition coefficient (Wildman–Crippen LogP) is 2.89. The summed E-state index contributed by atoms with van der Waals surface area (Å²) in [7, 11) is -4.53. The van der Waals surface area contributed by atoms with Crippen LogP contribution in [0.25, 0.3) is 0 Å². The van der Waals surface area contributed by atoms with E-state index in [1.54, 1.807) is 0 Å². The summed E-state index contributed by atoms with van der Waals surface area (Å²) in [6, 6.07) is 4.39. The number of nitrogens with two attached hydrogens (primary N) is 1. The fourth-order valence-corrected chi connectivity index (χ4v) is 2.66. The molecule has 2 N–H and O–H groups in total. The van der Waals surface area contributed by atoms with E-state index in [0.29, 0.717) is 18.2 Å². The second kappa shape index (κ2) is 5.33. The highest BCUT2D eigenvalue weighted by Crippen LogP contribution is 2.40. The molecule has 0 saturated heterocycles. The summed E-state index contributed by atoms with van der Waals surface area (Å²) in [5, 5.41) is 4.84. The van der Waals surface area contributed by atoms with Crippen LogP contribution in [0.1, 0.15) is 11.1 Å². The maximum absolute atomic E-state index is 14.4. The van der Waals surface area contributed by atoms with Crippen LogP contribution in [0.4, 0.5) is 22.0 Å². The van der Waals surface area contributed by atoms with Gasteiger partial charge in [-0.3, -0.25) is 0 Å². The highest BCUT2D eigenvalue weighted by Gasteiger charge is 2.41. The molecule has 0 bridgehead atoms. The first kappa shape index (κ1) is 16.4. The van der Waals surface area contributed by atoms with Crippen LogP contribution < -0.4 is 5.14 Å². The number of primary sulfonamides is 1. The number of halogens is 5. The summed E-state index contributed by atoms with van der Waals surface area (Å²) in [6.45, 7) is 0. The minimum atomic E-state index is -4.53. The van der Waals surface area contributed by atoms with E-state index in [1.807, 2.05) is 0 Å². The Bertz CT molecular complexity index is 836. The summed E-state index contributed by atoms with van der Waals surface area (Å²) in [6.07, 6.45) is 0. The molecule has 118 valence electrons. The normalized spacial score (nSPS) is 12.5. The van der Waals surface area contributed by atoms with Crippen molar-refractivity contribution in [3.63, 3.8) is 0 Å². The van der Waals surface area contributed by atoms with Crippen molar-refractivity contribution in [1.29, 1.82) is 0 Å². The Hall–Kier alpha value is -2.00. The molecule has 0 aliphatic rings. The van der Waals surface area contributed by atoms with Gasteiger partial charge in [0.05, 0.1) is 10.5 Å². The van der Waals surface area contributed by atoms with Crippen molar-refractivity contribution < 1.29 is 30.4 Å². The molecule has 2 rings (SSSR count). The van der Waals surface area contributed by atoms with Gasteiger partial charge in [-0.15, -0.1) is 0 Å². The van der Waals surface area contributed by atoms with Crippen LogP contribution in [0.5, 0.6) is 0 Å². The predicted molar refractivity (Wildman–Crippen MR) is 67.1 cm³/mol. The van der Waals surface area contributed by atoms with Crippen molar-refractivity contribution in [2.24, 2.45) is 5.14 Å². The van der Waals surface area contributed by atoms with E-state index in [4.69, 9.17) is 5.14 Å². The van der Waals surface area contributed by atoms with E-state index in [2.05, 4.69) is 0 Å². The van der Waals surface area contributed by atoms with Crippen LogP contribution in [0.3, 0.4) is 0 Å². The van der Waals surface area contributed by atoms with Crippen LogP contribution in [0.2, 0.25) is 0 Å². The molecular formula is C13H8F5NO2S. The molecular weight excluding hydrogens is 329 g/mol. The lowest BCUT2D eigenvalue weighted by Crippen LogP contribution is -2.24. The molecule has 0 unspecified atom stereocenters. The van der Waals surface area contributed by atoms with Gasteiger partial charge in [-0.25, -0.2) is 26.7 Å². The van der Waals surface area contributed by atoms with E-state index in [1.165, 1.54) is 0 Å². The topological polar surface area (TPSA) is 60.2 Å². The maximum atomic E-state index is 14.4. The average molecular weight is 337 g/mol. The van der Waals surface area contributed by atoms with Crippen LogP contribution in [0, 0.1) is 17.5 Å². The third-order valence-electron chi connectivity index (χ3n) is 2.91. The van der Waals surface area contributed by atoms with Crippen molar-refractivity contribution >= 4 is 10.0 Å². The van der Waals surface area contributed by atoms with Gasteiger partial charge in [0, 0.05) is 5.56 Å². The van der Waals surface area contributed by atoms with Crippen LogP contribution >= 0.6 is 0 Å².